The molecule has 2 N–H and O–H groups in total. The Hall–Kier alpha value is -2.55. The van der Waals surface area contributed by atoms with Crippen LogP contribution in [0.1, 0.15) is 316 Å². The molecule has 0 spiro atoms. The van der Waals surface area contributed by atoms with Crippen molar-refractivity contribution in [1.29, 1.82) is 0 Å². The van der Waals surface area contributed by atoms with Gasteiger partial charge in [-0.2, -0.15) is 0 Å². The van der Waals surface area contributed by atoms with Gasteiger partial charge in [0.1, 0.15) is 19.3 Å². The Labute approximate surface area is 502 Å². The highest BCUT2D eigenvalue weighted by Crippen LogP contribution is 2.43. The average molecular weight is 1160 g/mol. The molecule has 0 aromatic rings. The number of ether oxygens (including phenoxy) is 1. The van der Waals surface area contributed by atoms with Crippen LogP contribution in [-0.2, 0) is 27.9 Å². The van der Waals surface area contributed by atoms with Gasteiger partial charge in [0.2, 0.25) is 5.91 Å². The van der Waals surface area contributed by atoms with E-state index in [1.165, 1.54) is 173 Å². The number of hydrogen-bond acceptors (Lipinski definition) is 6. The Morgan fingerprint density at radius 1 is 0.444 bits per heavy atom. The summed E-state index contributed by atoms with van der Waals surface area (Å²) in [6.07, 6.45) is 79.0. The van der Waals surface area contributed by atoms with E-state index in [9.17, 15) is 19.0 Å². The van der Waals surface area contributed by atoms with E-state index < -0.39 is 20.0 Å². The number of nitrogens with zero attached hydrogens (tertiary/aromatic N) is 1. The Kier molecular flexibility index (Phi) is 58.7. The number of phosphoric ester groups is 1. The molecule has 81 heavy (non-hydrogen) atoms. The molecule has 0 aliphatic carbocycles. The molecule has 0 aliphatic rings. The lowest BCUT2D eigenvalue weighted by molar-refractivity contribution is -0.870. The fourth-order valence-electron chi connectivity index (χ4n) is 9.91. The molecule has 9 nitrogen and oxygen atoms in total. The van der Waals surface area contributed by atoms with E-state index in [0.29, 0.717) is 23.9 Å². The van der Waals surface area contributed by atoms with Crippen LogP contribution in [0.3, 0.4) is 0 Å². The number of allylic oxidation sites excluding steroid dienone is 11. The van der Waals surface area contributed by atoms with Crippen LogP contribution in [0.25, 0.3) is 0 Å². The number of hydrogen-bond donors (Lipinski definition) is 2. The van der Waals surface area contributed by atoms with Gasteiger partial charge in [0.15, 0.2) is 0 Å². The van der Waals surface area contributed by atoms with Crippen molar-refractivity contribution in [1.82, 2.24) is 5.32 Å². The van der Waals surface area contributed by atoms with Crippen molar-refractivity contribution in [3.63, 3.8) is 0 Å². The molecule has 0 fully saturated rings. The zero-order valence-electron chi connectivity index (χ0n) is 54.0. The number of rotatable bonds is 62. The molecule has 0 saturated heterocycles. The maximum Gasteiger partial charge on any atom is 0.472 e. The van der Waals surface area contributed by atoms with Gasteiger partial charge in [-0.05, 0) is 76.7 Å². The maximum atomic E-state index is 13.6. The van der Waals surface area contributed by atoms with Crippen LogP contribution in [0, 0.1) is 0 Å². The molecule has 472 valence electrons. The lowest BCUT2D eigenvalue weighted by atomic mass is 10.0. The predicted molar refractivity (Wildman–Crippen MR) is 351 cm³/mol. The van der Waals surface area contributed by atoms with Crippen molar-refractivity contribution in [2.45, 2.75) is 328 Å². The van der Waals surface area contributed by atoms with Crippen LogP contribution in [-0.4, -0.2) is 74.3 Å². The van der Waals surface area contributed by atoms with Crippen molar-refractivity contribution in [2.75, 3.05) is 40.9 Å². The Morgan fingerprint density at radius 3 is 1.19 bits per heavy atom. The summed E-state index contributed by atoms with van der Waals surface area (Å²) in [4.78, 5) is 37.9. The number of carbonyl (C=O) groups is 2. The van der Waals surface area contributed by atoms with Crippen molar-refractivity contribution in [3.05, 3.63) is 72.9 Å². The number of likely N-dealkylation sites (N-methyl/N-ethyl adjacent to an activating group) is 1. The van der Waals surface area contributed by atoms with E-state index >= 15 is 0 Å². The molecule has 0 aromatic heterocycles. The molecule has 0 bridgehead atoms. The number of nitrogens with one attached hydrogen (secondary N) is 1. The third-order valence-electron chi connectivity index (χ3n) is 15.2. The van der Waals surface area contributed by atoms with Gasteiger partial charge in [-0.25, -0.2) is 4.57 Å². The molecule has 0 saturated carbocycles. The van der Waals surface area contributed by atoms with Gasteiger partial charge in [0.05, 0.1) is 33.8 Å². The summed E-state index contributed by atoms with van der Waals surface area (Å²) < 4.78 is 30.8. The molecular weight excluding hydrogens is 1020 g/mol. The summed E-state index contributed by atoms with van der Waals surface area (Å²) in [5.41, 5.74) is 0. The zero-order chi connectivity index (χ0) is 59.3. The number of unbranched alkanes of at least 4 members (excludes halogenated alkanes) is 36. The summed E-state index contributed by atoms with van der Waals surface area (Å²) in [7, 11) is 1.49. The first kappa shape index (κ1) is 78.5. The number of phosphoric acid groups is 1. The van der Waals surface area contributed by atoms with Crippen LogP contribution < -0.4 is 5.32 Å². The van der Waals surface area contributed by atoms with Crippen molar-refractivity contribution >= 4 is 19.7 Å². The fraction of sp³-hybridized carbons (Fsp3) is 0.803. The highest BCUT2D eigenvalue weighted by atomic mass is 31.2. The Morgan fingerprint density at radius 2 is 0.790 bits per heavy atom. The first-order chi connectivity index (χ1) is 39.4. The minimum atomic E-state index is -4.46. The third-order valence-corrected chi connectivity index (χ3v) is 16.1. The summed E-state index contributed by atoms with van der Waals surface area (Å²) in [5.74, 6) is -0.516. The smallest absolute Gasteiger partial charge is 0.456 e. The third kappa shape index (κ3) is 61.8. The number of carbonyl (C=O) groups excluding carboxylic acids is 2. The molecule has 3 unspecified atom stereocenters. The van der Waals surface area contributed by atoms with E-state index in [4.69, 9.17) is 13.8 Å². The monoisotopic (exact) mass is 1160 g/mol. The summed E-state index contributed by atoms with van der Waals surface area (Å²) in [6, 6.07) is -0.858. The van der Waals surface area contributed by atoms with Gasteiger partial charge in [-0.3, -0.25) is 18.6 Å². The molecule has 0 heterocycles. The quantitative estimate of drug-likeness (QED) is 0.0205. The van der Waals surface area contributed by atoms with Gasteiger partial charge >= 0.3 is 13.8 Å². The van der Waals surface area contributed by atoms with Gasteiger partial charge in [0, 0.05) is 12.8 Å². The summed E-state index contributed by atoms with van der Waals surface area (Å²) in [6.45, 7) is 6.93. The highest BCUT2D eigenvalue weighted by Gasteiger charge is 2.30. The molecule has 10 heteroatoms. The van der Waals surface area contributed by atoms with Crippen LogP contribution in [0.15, 0.2) is 72.9 Å². The molecule has 3 atom stereocenters. The van der Waals surface area contributed by atoms with Crippen LogP contribution in [0.2, 0.25) is 0 Å². The predicted octanol–water partition coefficient (Wildman–Crippen LogP) is 21.6. The second-order valence-corrected chi connectivity index (χ2v) is 25.8. The molecular formula is C71H132N2O7P+. The van der Waals surface area contributed by atoms with Gasteiger partial charge in [-0.1, -0.05) is 299 Å². The normalized spacial score (nSPS) is 14.0. The number of esters is 1. The molecule has 1 amide bonds. The minimum absolute atomic E-state index is 0.0361. The summed E-state index contributed by atoms with van der Waals surface area (Å²) >= 11 is 0. The highest BCUT2D eigenvalue weighted by molar-refractivity contribution is 7.47. The van der Waals surface area contributed by atoms with Gasteiger partial charge < -0.3 is 19.4 Å². The van der Waals surface area contributed by atoms with Crippen molar-refractivity contribution < 1.29 is 37.3 Å². The van der Waals surface area contributed by atoms with Crippen LogP contribution in [0.5, 0.6) is 0 Å². The number of amides is 1. The molecule has 0 aromatic carbocycles. The fourth-order valence-corrected chi connectivity index (χ4v) is 10.6. The second kappa shape index (κ2) is 60.6. The SMILES string of the molecule is CC/C=C\C/C=C\C/C=C\C/C=C\C/C=C\CCCCCCCC(=O)OC(/C=C/CCCCCCCCCCCCC)C(COP(=O)(O)OCC[N+](C)(C)C)NC(=O)CCCCCCCCCCCCCCCCCCCCCCC. The zero-order valence-corrected chi connectivity index (χ0v) is 54.9. The first-order valence-corrected chi connectivity index (χ1v) is 35.8. The Bertz CT molecular complexity index is 1620. The van der Waals surface area contributed by atoms with Crippen LogP contribution >= 0.6 is 7.82 Å². The van der Waals surface area contributed by atoms with Gasteiger partial charge in [-0.15, -0.1) is 0 Å². The van der Waals surface area contributed by atoms with Gasteiger partial charge in [0.25, 0.3) is 0 Å². The Balaban J connectivity index is 5.20. The lowest BCUT2D eigenvalue weighted by Crippen LogP contribution is -2.47. The standard InChI is InChI=1S/C71H131N2O7P/c1-7-10-13-16-19-22-25-28-30-32-34-36-38-40-42-45-48-51-54-57-60-63-70(74)72-68(67-79-81(76,77)78-66-65-73(4,5)6)69(62-59-56-53-50-47-44-27-24-21-18-15-12-9-3)80-71(75)64-61-58-55-52-49-46-43-41-39-37-35-33-31-29-26-23-20-17-14-11-8-2/h11,14,20,23,29,31,35,37,41,43,59,62,68-69H,7-10,12-13,15-19,21-22,24-28,30,32-34,36,38-40,42,44-58,60-61,63-67H2,1-6H3,(H-,72,74,76,77)/p+1/b14-11-,23-20-,31-29-,37-35-,43-41-,62-59+. The average Bonchev–Trinajstić information content (AvgIpc) is 3.44. The molecule has 0 rings (SSSR count). The van der Waals surface area contributed by atoms with E-state index in [1.807, 2.05) is 33.3 Å². The van der Waals surface area contributed by atoms with Crippen molar-refractivity contribution in [2.24, 2.45) is 0 Å². The summed E-state index contributed by atoms with van der Waals surface area (Å²) in [5, 5.41) is 3.07. The maximum absolute atomic E-state index is 13.6. The van der Waals surface area contributed by atoms with E-state index in [1.54, 1.807) is 0 Å². The van der Waals surface area contributed by atoms with E-state index in [-0.39, 0.29) is 31.5 Å². The molecule has 0 radical (unpaired) electrons. The lowest BCUT2D eigenvalue weighted by Gasteiger charge is -2.27. The minimum Gasteiger partial charge on any atom is -0.456 e. The van der Waals surface area contributed by atoms with E-state index in [2.05, 4.69) is 86.8 Å². The molecule has 0 aliphatic heterocycles. The first-order valence-electron chi connectivity index (χ1n) is 34.3. The van der Waals surface area contributed by atoms with E-state index in [0.717, 1.165) is 103 Å². The topological polar surface area (TPSA) is 111 Å². The second-order valence-electron chi connectivity index (χ2n) is 24.3. The van der Waals surface area contributed by atoms with Crippen LogP contribution in [0.4, 0.5) is 0 Å². The largest absolute Gasteiger partial charge is 0.472 e. The number of quaternary nitrogens is 1. The van der Waals surface area contributed by atoms with Crippen molar-refractivity contribution in [3.8, 4) is 0 Å².